The van der Waals surface area contributed by atoms with E-state index in [4.69, 9.17) is 0 Å². The predicted octanol–water partition coefficient (Wildman–Crippen LogP) is 18.9. The molecule has 0 radical (unpaired) electrons. The molecule has 0 heterocycles. The largest absolute Gasteiger partial charge is 0.310 e. The van der Waals surface area contributed by atoms with Crippen LogP contribution in [0.5, 0.6) is 0 Å². The van der Waals surface area contributed by atoms with Gasteiger partial charge in [0.1, 0.15) is 0 Å². The summed E-state index contributed by atoms with van der Waals surface area (Å²) in [5.41, 5.74) is 16.6. The van der Waals surface area contributed by atoms with Crippen LogP contribution in [0.2, 0.25) is 0 Å². The van der Waals surface area contributed by atoms with Gasteiger partial charge >= 0.3 is 0 Å². The lowest BCUT2D eigenvalue weighted by Crippen LogP contribution is -2.23. The number of hydrogen-bond donors (Lipinski definition) is 0. The van der Waals surface area contributed by atoms with Gasteiger partial charge in [-0.05, 0) is 166 Å². The fraction of sp³-hybridized carbons (Fsp3) is 0.0448. The molecule has 0 aromatic heterocycles. The molecule has 2 heteroatoms. The van der Waals surface area contributed by atoms with E-state index in [0.717, 1.165) is 34.1 Å². The van der Waals surface area contributed by atoms with E-state index < -0.39 is 0 Å². The van der Waals surface area contributed by atoms with Gasteiger partial charge in [-0.1, -0.05) is 190 Å². The van der Waals surface area contributed by atoms with Gasteiger partial charge in [0.2, 0.25) is 0 Å². The van der Waals surface area contributed by atoms with Crippen molar-refractivity contribution in [2.24, 2.45) is 0 Å². The summed E-state index contributed by atoms with van der Waals surface area (Å²) in [7, 11) is 0. The Balaban J connectivity index is 1.18. The predicted molar refractivity (Wildman–Crippen MR) is 294 cm³/mol. The summed E-state index contributed by atoms with van der Waals surface area (Å²) in [6.45, 7) is 4.78. The molecule has 69 heavy (non-hydrogen) atoms. The number of hydrogen-bond acceptors (Lipinski definition) is 2. The summed E-state index contributed by atoms with van der Waals surface area (Å²) in [4.78, 5) is 4.77. The Labute approximate surface area is 403 Å². The van der Waals surface area contributed by atoms with Crippen molar-refractivity contribution in [1.29, 1.82) is 0 Å². The van der Waals surface area contributed by atoms with E-state index in [1.54, 1.807) is 0 Å². The SMILES string of the molecule is CC1(C)c2ccccc2-c2ccc(-c3c4ccc(N(c5ccccc5)c5ccccc5)cc4c(-c4ccc5ccccc5c4)c4ccc(N(c5ccccc5)c5ccccc5)cc34)c3cccc1c23. The smallest absolute Gasteiger partial charge is 0.0468 e. The average molecular weight is 881 g/mol. The third-order valence-corrected chi connectivity index (χ3v) is 14.6. The molecule has 0 unspecified atom stereocenters. The molecular formula is C67H48N2. The van der Waals surface area contributed by atoms with E-state index in [9.17, 15) is 0 Å². The molecule has 0 N–H and O–H groups in total. The first kappa shape index (κ1) is 40.5. The van der Waals surface area contributed by atoms with Crippen molar-refractivity contribution >= 4 is 77.2 Å². The maximum Gasteiger partial charge on any atom is 0.0468 e. The average Bonchev–Trinajstić information content (AvgIpc) is 3.41. The highest BCUT2D eigenvalue weighted by Crippen LogP contribution is 2.54. The maximum atomic E-state index is 2.46. The minimum absolute atomic E-state index is 0.182. The van der Waals surface area contributed by atoms with Crippen LogP contribution in [-0.4, -0.2) is 0 Å². The Hall–Kier alpha value is -8.72. The first-order valence-electron chi connectivity index (χ1n) is 24.0. The van der Waals surface area contributed by atoms with Crippen LogP contribution in [0.3, 0.4) is 0 Å². The van der Waals surface area contributed by atoms with Crippen molar-refractivity contribution in [2.75, 3.05) is 9.80 Å². The molecule has 0 atom stereocenters. The Morgan fingerprint density at radius 2 is 0.754 bits per heavy atom. The van der Waals surface area contributed by atoms with Crippen molar-refractivity contribution in [3.8, 4) is 33.4 Å². The topological polar surface area (TPSA) is 6.48 Å². The highest BCUT2D eigenvalue weighted by atomic mass is 15.1. The molecule has 0 saturated heterocycles. The second-order valence-electron chi connectivity index (χ2n) is 18.8. The van der Waals surface area contributed by atoms with E-state index in [2.05, 4.69) is 278 Å². The van der Waals surface area contributed by atoms with Crippen LogP contribution < -0.4 is 9.80 Å². The fourth-order valence-corrected chi connectivity index (χ4v) is 11.4. The lowest BCUT2D eigenvalue weighted by molar-refractivity contribution is 0.645. The standard InChI is InChI=1S/C67H48N2/c1-67(2)62-32-18-17-30-54(62)56-40-41-57(55-31-19-33-63(67)66(55)56)65-59-39-37-52(68(48-22-7-3-8-23-48)49-24-9-4-10-25-49)43-60(59)64(47-35-34-45-20-15-16-21-46(45)42-47)58-38-36-53(44-61(58)65)69(50-26-11-5-12-27-50)51-28-13-6-14-29-51/h3-44H,1-2H3. The fourth-order valence-electron chi connectivity index (χ4n) is 11.4. The van der Waals surface area contributed by atoms with Crippen LogP contribution in [0.25, 0.3) is 76.5 Å². The monoisotopic (exact) mass is 880 g/mol. The van der Waals surface area contributed by atoms with Gasteiger partial charge in [0.25, 0.3) is 0 Å². The van der Waals surface area contributed by atoms with Gasteiger partial charge in [0, 0.05) is 39.5 Å². The number of nitrogens with zero attached hydrogens (tertiary/aromatic N) is 2. The molecule has 0 spiro atoms. The molecule has 326 valence electrons. The van der Waals surface area contributed by atoms with E-state index in [-0.39, 0.29) is 5.41 Å². The third-order valence-electron chi connectivity index (χ3n) is 14.6. The van der Waals surface area contributed by atoms with Gasteiger partial charge in [-0.3, -0.25) is 0 Å². The van der Waals surface area contributed by atoms with Crippen molar-refractivity contribution in [3.63, 3.8) is 0 Å². The van der Waals surface area contributed by atoms with E-state index in [1.165, 1.54) is 87.6 Å². The summed E-state index contributed by atoms with van der Waals surface area (Å²) in [5.74, 6) is 0. The molecule has 12 aromatic rings. The van der Waals surface area contributed by atoms with Gasteiger partial charge in [-0.2, -0.15) is 0 Å². The zero-order chi connectivity index (χ0) is 46.1. The molecule has 1 aliphatic carbocycles. The summed E-state index contributed by atoms with van der Waals surface area (Å²) in [6, 6.07) is 93.9. The van der Waals surface area contributed by atoms with Crippen LogP contribution in [0.4, 0.5) is 34.1 Å². The van der Waals surface area contributed by atoms with E-state index in [1.807, 2.05) is 0 Å². The maximum absolute atomic E-state index is 2.46. The minimum atomic E-state index is -0.182. The van der Waals surface area contributed by atoms with Crippen LogP contribution in [-0.2, 0) is 5.41 Å². The summed E-state index contributed by atoms with van der Waals surface area (Å²) in [5, 5.41) is 9.84. The zero-order valence-corrected chi connectivity index (χ0v) is 38.6. The first-order valence-corrected chi connectivity index (χ1v) is 24.0. The van der Waals surface area contributed by atoms with Gasteiger partial charge in [-0.15, -0.1) is 0 Å². The van der Waals surface area contributed by atoms with Crippen molar-refractivity contribution < 1.29 is 0 Å². The second kappa shape index (κ2) is 16.3. The lowest BCUT2D eigenvalue weighted by Gasteiger charge is -2.35. The van der Waals surface area contributed by atoms with Gasteiger partial charge in [0.15, 0.2) is 0 Å². The summed E-state index contributed by atoms with van der Waals surface area (Å²) < 4.78 is 0. The molecule has 1 aliphatic rings. The van der Waals surface area contributed by atoms with Gasteiger partial charge in [0.05, 0.1) is 0 Å². The van der Waals surface area contributed by atoms with Crippen molar-refractivity contribution in [3.05, 3.63) is 266 Å². The van der Waals surface area contributed by atoms with Crippen LogP contribution in [0.15, 0.2) is 255 Å². The Bertz CT molecular complexity index is 3840. The van der Waals surface area contributed by atoms with E-state index >= 15 is 0 Å². The molecule has 0 aliphatic heterocycles. The number of anilines is 6. The van der Waals surface area contributed by atoms with Crippen molar-refractivity contribution in [2.45, 2.75) is 19.3 Å². The number of fused-ring (bicyclic) bond motifs is 5. The summed E-state index contributed by atoms with van der Waals surface area (Å²) in [6.07, 6.45) is 0. The molecular weight excluding hydrogens is 833 g/mol. The highest BCUT2D eigenvalue weighted by Gasteiger charge is 2.34. The third kappa shape index (κ3) is 6.63. The quantitative estimate of drug-likeness (QED) is 0.140. The Morgan fingerprint density at radius 1 is 0.275 bits per heavy atom. The molecule has 12 aromatic carbocycles. The molecule has 13 rings (SSSR count). The van der Waals surface area contributed by atoms with Crippen LogP contribution >= 0.6 is 0 Å². The lowest BCUT2D eigenvalue weighted by atomic mass is 9.68. The van der Waals surface area contributed by atoms with Crippen LogP contribution in [0, 0.1) is 0 Å². The van der Waals surface area contributed by atoms with Crippen LogP contribution in [0.1, 0.15) is 25.0 Å². The second-order valence-corrected chi connectivity index (χ2v) is 18.8. The molecule has 0 amide bonds. The first-order chi connectivity index (χ1) is 34.0. The zero-order valence-electron chi connectivity index (χ0n) is 38.6. The molecule has 2 nitrogen and oxygen atoms in total. The van der Waals surface area contributed by atoms with Gasteiger partial charge in [-0.25, -0.2) is 0 Å². The number of para-hydroxylation sites is 4. The van der Waals surface area contributed by atoms with E-state index in [0.29, 0.717) is 0 Å². The Morgan fingerprint density at radius 3 is 1.35 bits per heavy atom. The molecule has 0 bridgehead atoms. The highest BCUT2D eigenvalue weighted by molar-refractivity contribution is 6.26. The number of benzene rings is 12. The molecule has 0 saturated carbocycles. The minimum Gasteiger partial charge on any atom is -0.310 e. The van der Waals surface area contributed by atoms with Gasteiger partial charge < -0.3 is 9.80 Å². The summed E-state index contributed by atoms with van der Waals surface area (Å²) >= 11 is 0. The normalized spacial score (nSPS) is 12.6. The number of rotatable bonds is 8. The Kier molecular flexibility index (Phi) is 9.55. The molecule has 0 fully saturated rings. The van der Waals surface area contributed by atoms with Crippen molar-refractivity contribution in [1.82, 2.24) is 0 Å².